The molecule has 0 saturated carbocycles. The molecule has 0 amide bonds. The van der Waals surface area contributed by atoms with Crippen molar-refractivity contribution in [2.24, 2.45) is 0 Å². The molecule has 0 bridgehead atoms. The highest BCUT2D eigenvalue weighted by Crippen LogP contribution is 2.32. The van der Waals surface area contributed by atoms with Crippen molar-refractivity contribution in [1.82, 2.24) is 24.7 Å². The fraction of sp³-hybridized carbons (Fsp3) is 0.105. The monoisotopic (exact) mass is 379 g/mol. The summed E-state index contributed by atoms with van der Waals surface area (Å²) >= 11 is 0. The minimum absolute atomic E-state index is 0.286. The van der Waals surface area contributed by atoms with Gasteiger partial charge in [0.05, 0.1) is 29.2 Å². The van der Waals surface area contributed by atoms with E-state index in [-0.39, 0.29) is 4.90 Å². The number of benzene rings is 2. The first-order chi connectivity index (χ1) is 13.0. The molecule has 0 fully saturated rings. The highest BCUT2D eigenvalue weighted by Gasteiger charge is 2.17. The molecule has 0 atom stereocenters. The van der Waals surface area contributed by atoms with Crippen LogP contribution in [0.3, 0.4) is 0 Å². The second kappa shape index (κ2) is 6.81. The molecule has 0 aliphatic carbocycles. The molecule has 0 radical (unpaired) electrons. The number of nitrogens with zero attached hydrogens (tertiary/aromatic N) is 4. The van der Waals surface area contributed by atoms with Crippen LogP contribution in [-0.2, 0) is 16.4 Å². The quantitative estimate of drug-likeness (QED) is 0.575. The number of sulfone groups is 1. The van der Waals surface area contributed by atoms with E-state index in [1.807, 2.05) is 34.9 Å². The summed E-state index contributed by atoms with van der Waals surface area (Å²) < 4.78 is 25.5. The number of rotatable bonds is 5. The summed E-state index contributed by atoms with van der Waals surface area (Å²) in [6.07, 6.45) is 4.42. The third kappa shape index (κ3) is 3.52. The van der Waals surface area contributed by atoms with E-state index in [1.54, 1.807) is 30.6 Å². The van der Waals surface area contributed by atoms with Crippen LogP contribution in [0.5, 0.6) is 0 Å². The molecule has 7 nitrogen and oxygen atoms in total. The fourth-order valence-electron chi connectivity index (χ4n) is 2.94. The van der Waals surface area contributed by atoms with E-state index < -0.39 is 9.84 Å². The lowest BCUT2D eigenvalue weighted by molar-refractivity contribution is 0.602. The Morgan fingerprint density at radius 3 is 2.33 bits per heavy atom. The summed E-state index contributed by atoms with van der Waals surface area (Å²) in [4.78, 5) is 9.06. The summed E-state index contributed by atoms with van der Waals surface area (Å²) in [5.74, 6) is 0.709. The molecule has 2 aromatic heterocycles. The predicted octanol–water partition coefficient (Wildman–Crippen LogP) is 2.79. The van der Waals surface area contributed by atoms with Gasteiger partial charge >= 0.3 is 0 Å². The Morgan fingerprint density at radius 1 is 0.963 bits per heavy atom. The largest absolute Gasteiger partial charge is 0.322 e. The lowest BCUT2D eigenvalue weighted by Crippen LogP contribution is -2.03. The number of hydrogen-bond donors (Lipinski definition) is 1. The lowest BCUT2D eigenvalue weighted by Gasteiger charge is -2.10. The zero-order chi connectivity index (χ0) is 18.9. The smallest absolute Gasteiger partial charge is 0.175 e. The van der Waals surface area contributed by atoms with E-state index in [0.717, 1.165) is 22.5 Å². The predicted molar refractivity (Wildman–Crippen MR) is 102 cm³/mol. The van der Waals surface area contributed by atoms with E-state index in [1.165, 1.54) is 12.6 Å². The van der Waals surface area contributed by atoms with Gasteiger partial charge in [0.2, 0.25) is 0 Å². The Labute approximate surface area is 156 Å². The molecule has 4 rings (SSSR count). The Hall–Kier alpha value is -3.26. The van der Waals surface area contributed by atoms with Gasteiger partial charge in [-0.2, -0.15) is 5.10 Å². The van der Waals surface area contributed by atoms with Gasteiger partial charge in [0.15, 0.2) is 9.84 Å². The molecule has 2 aromatic carbocycles. The molecule has 0 aliphatic rings. The standard InChI is InChI=1S/C19H17N5O2S/c1-27(25,26)16-9-7-15(8-10-16)19-18(14-5-3-2-4-6-14)21-13-24(19)11-17-20-12-22-23-17/h2-10,12-13H,11H2,1H3,(H,20,22,23). The van der Waals surface area contributed by atoms with Crippen LogP contribution in [0.2, 0.25) is 0 Å². The molecule has 136 valence electrons. The summed E-state index contributed by atoms with van der Waals surface area (Å²) in [5, 5.41) is 6.74. The van der Waals surface area contributed by atoms with E-state index in [4.69, 9.17) is 0 Å². The van der Waals surface area contributed by atoms with Gasteiger partial charge in [-0.3, -0.25) is 5.10 Å². The van der Waals surface area contributed by atoms with Crippen molar-refractivity contribution < 1.29 is 8.42 Å². The van der Waals surface area contributed by atoms with Crippen LogP contribution < -0.4 is 0 Å². The van der Waals surface area contributed by atoms with Crippen molar-refractivity contribution in [3.05, 3.63) is 73.1 Å². The van der Waals surface area contributed by atoms with Gasteiger partial charge in [-0.1, -0.05) is 42.5 Å². The van der Waals surface area contributed by atoms with Gasteiger partial charge in [-0.15, -0.1) is 0 Å². The Balaban J connectivity index is 1.84. The van der Waals surface area contributed by atoms with Gasteiger partial charge in [0.25, 0.3) is 0 Å². The maximum Gasteiger partial charge on any atom is 0.175 e. The SMILES string of the molecule is CS(=O)(=O)c1ccc(-c2c(-c3ccccc3)ncn2Cc2ncn[nH]2)cc1. The summed E-state index contributed by atoms with van der Waals surface area (Å²) in [6, 6.07) is 16.7. The molecule has 2 heterocycles. The molecule has 0 unspecified atom stereocenters. The van der Waals surface area contributed by atoms with Gasteiger partial charge < -0.3 is 4.57 Å². The molecular formula is C19H17N5O2S. The Morgan fingerprint density at radius 2 is 1.70 bits per heavy atom. The zero-order valence-electron chi connectivity index (χ0n) is 14.6. The van der Waals surface area contributed by atoms with Crippen LogP contribution in [0.15, 0.2) is 72.1 Å². The average molecular weight is 379 g/mol. The summed E-state index contributed by atoms with van der Waals surface area (Å²) in [7, 11) is -3.25. The van der Waals surface area contributed by atoms with E-state index in [0.29, 0.717) is 12.4 Å². The van der Waals surface area contributed by atoms with Gasteiger partial charge in [-0.05, 0) is 12.1 Å². The average Bonchev–Trinajstić information content (AvgIpc) is 3.32. The molecule has 27 heavy (non-hydrogen) atoms. The number of aromatic nitrogens is 5. The number of imidazole rings is 1. The molecule has 8 heteroatoms. The molecule has 0 aliphatic heterocycles. The van der Waals surface area contributed by atoms with Crippen molar-refractivity contribution in [3.8, 4) is 22.5 Å². The summed E-state index contributed by atoms with van der Waals surface area (Å²) in [5.41, 5.74) is 3.56. The fourth-order valence-corrected chi connectivity index (χ4v) is 3.57. The first kappa shape index (κ1) is 17.2. The maximum atomic E-state index is 11.8. The minimum Gasteiger partial charge on any atom is -0.322 e. The molecule has 1 N–H and O–H groups in total. The van der Waals surface area contributed by atoms with E-state index in [2.05, 4.69) is 20.2 Å². The summed E-state index contributed by atoms with van der Waals surface area (Å²) in [6.45, 7) is 0.475. The van der Waals surface area contributed by atoms with Gasteiger partial charge in [0, 0.05) is 17.4 Å². The van der Waals surface area contributed by atoms with E-state index in [9.17, 15) is 8.42 Å². The van der Waals surface area contributed by atoms with Crippen molar-refractivity contribution in [1.29, 1.82) is 0 Å². The molecule has 4 aromatic rings. The highest BCUT2D eigenvalue weighted by molar-refractivity contribution is 7.90. The first-order valence-electron chi connectivity index (χ1n) is 8.27. The Bertz CT molecular complexity index is 1150. The van der Waals surface area contributed by atoms with Crippen LogP contribution in [0.4, 0.5) is 0 Å². The first-order valence-corrected chi connectivity index (χ1v) is 10.2. The molecule has 0 spiro atoms. The number of hydrogen-bond acceptors (Lipinski definition) is 5. The van der Waals surface area contributed by atoms with Crippen LogP contribution in [0.25, 0.3) is 22.5 Å². The number of aromatic amines is 1. The van der Waals surface area contributed by atoms with Crippen molar-refractivity contribution >= 4 is 9.84 Å². The van der Waals surface area contributed by atoms with Gasteiger partial charge in [0.1, 0.15) is 12.2 Å². The molecule has 0 saturated heterocycles. The third-order valence-corrected chi connectivity index (χ3v) is 5.35. The van der Waals surface area contributed by atoms with Crippen molar-refractivity contribution in [2.75, 3.05) is 6.26 Å². The van der Waals surface area contributed by atoms with Crippen LogP contribution >= 0.6 is 0 Å². The number of H-pyrrole nitrogens is 1. The van der Waals surface area contributed by atoms with Crippen LogP contribution in [-0.4, -0.2) is 39.4 Å². The highest BCUT2D eigenvalue weighted by atomic mass is 32.2. The lowest BCUT2D eigenvalue weighted by atomic mass is 10.0. The second-order valence-electron chi connectivity index (χ2n) is 6.16. The van der Waals surface area contributed by atoms with Crippen LogP contribution in [0, 0.1) is 0 Å². The second-order valence-corrected chi connectivity index (χ2v) is 8.18. The molecular weight excluding hydrogens is 362 g/mol. The minimum atomic E-state index is -3.25. The van der Waals surface area contributed by atoms with Crippen molar-refractivity contribution in [2.45, 2.75) is 11.4 Å². The Kier molecular flexibility index (Phi) is 4.33. The third-order valence-electron chi connectivity index (χ3n) is 4.23. The zero-order valence-corrected chi connectivity index (χ0v) is 15.4. The normalized spacial score (nSPS) is 11.6. The maximum absolute atomic E-state index is 11.8. The van der Waals surface area contributed by atoms with E-state index >= 15 is 0 Å². The van der Waals surface area contributed by atoms with Gasteiger partial charge in [-0.25, -0.2) is 18.4 Å². The number of nitrogens with one attached hydrogen (secondary N) is 1. The van der Waals surface area contributed by atoms with Crippen LogP contribution in [0.1, 0.15) is 5.82 Å². The topological polar surface area (TPSA) is 93.5 Å². The van der Waals surface area contributed by atoms with Crippen molar-refractivity contribution in [3.63, 3.8) is 0 Å².